The van der Waals surface area contributed by atoms with Gasteiger partial charge >= 0.3 is 5.97 Å². The van der Waals surface area contributed by atoms with Crippen LogP contribution in [0, 0.1) is 0 Å². The molecule has 0 spiro atoms. The zero-order valence-electron chi connectivity index (χ0n) is 16.0. The molecule has 0 atom stereocenters. The summed E-state index contributed by atoms with van der Waals surface area (Å²) in [5, 5.41) is 5.11. The van der Waals surface area contributed by atoms with E-state index in [9.17, 15) is 14.4 Å². The lowest BCUT2D eigenvalue weighted by molar-refractivity contribution is -0.119. The molecule has 2 aromatic carbocycles. The predicted octanol–water partition coefficient (Wildman–Crippen LogP) is 3.14. The molecule has 2 aromatic rings. The van der Waals surface area contributed by atoms with Gasteiger partial charge in [-0.15, -0.1) is 0 Å². The number of amides is 2. The fraction of sp³-hybridized carbons (Fsp3) is 0.286. The van der Waals surface area contributed by atoms with Crippen LogP contribution in [0.3, 0.4) is 0 Å². The van der Waals surface area contributed by atoms with Crippen molar-refractivity contribution in [3.05, 3.63) is 65.2 Å². The molecular formula is C21H24N2O4. The molecule has 2 rings (SSSR count). The van der Waals surface area contributed by atoms with E-state index in [4.69, 9.17) is 4.74 Å². The number of benzene rings is 2. The maximum atomic E-state index is 12.1. The monoisotopic (exact) mass is 368 g/mol. The van der Waals surface area contributed by atoms with Crippen molar-refractivity contribution >= 4 is 23.5 Å². The maximum Gasteiger partial charge on any atom is 0.338 e. The Bertz CT molecular complexity index is 836. The number of anilines is 1. The first kappa shape index (κ1) is 20.2. The first-order chi connectivity index (χ1) is 12.7. The molecule has 0 aliphatic rings. The molecule has 0 bridgehead atoms. The Morgan fingerprint density at radius 3 is 2.22 bits per heavy atom. The van der Waals surface area contributed by atoms with E-state index in [2.05, 4.69) is 31.4 Å². The summed E-state index contributed by atoms with van der Waals surface area (Å²) in [6.07, 6.45) is 0. The second-order valence-corrected chi connectivity index (χ2v) is 7.11. The van der Waals surface area contributed by atoms with Crippen LogP contribution in [0.4, 0.5) is 5.69 Å². The molecule has 2 amide bonds. The molecule has 0 aliphatic carbocycles. The highest BCUT2D eigenvalue weighted by Crippen LogP contribution is 2.22. The van der Waals surface area contributed by atoms with Crippen molar-refractivity contribution < 1.29 is 19.1 Å². The van der Waals surface area contributed by atoms with E-state index < -0.39 is 18.5 Å². The molecule has 0 fully saturated rings. The van der Waals surface area contributed by atoms with E-state index in [-0.39, 0.29) is 11.3 Å². The Labute approximate surface area is 158 Å². The van der Waals surface area contributed by atoms with Crippen molar-refractivity contribution in [2.24, 2.45) is 0 Å². The zero-order chi connectivity index (χ0) is 20.0. The molecule has 6 heteroatoms. The fourth-order valence-corrected chi connectivity index (χ4v) is 2.40. The minimum atomic E-state index is -0.565. The van der Waals surface area contributed by atoms with E-state index in [1.165, 1.54) is 7.05 Å². The van der Waals surface area contributed by atoms with Gasteiger partial charge in [-0.1, -0.05) is 39.0 Å². The Hall–Kier alpha value is -3.15. The number of carbonyl (C=O) groups excluding carboxylic acids is 3. The summed E-state index contributed by atoms with van der Waals surface area (Å²) in [6.45, 7) is 5.85. The summed E-state index contributed by atoms with van der Waals surface area (Å²) in [6, 6.07) is 13.6. The van der Waals surface area contributed by atoms with Gasteiger partial charge in [0, 0.05) is 18.3 Å². The summed E-state index contributed by atoms with van der Waals surface area (Å²) in [5.74, 6) is -1.30. The Balaban J connectivity index is 1.92. The van der Waals surface area contributed by atoms with Crippen LogP contribution in [0.2, 0.25) is 0 Å². The van der Waals surface area contributed by atoms with Gasteiger partial charge in [-0.3, -0.25) is 9.59 Å². The summed E-state index contributed by atoms with van der Waals surface area (Å²) < 4.78 is 5.06. The molecule has 0 radical (unpaired) electrons. The Morgan fingerprint density at radius 2 is 1.63 bits per heavy atom. The van der Waals surface area contributed by atoms with Crippen molar-refractivity contribution in [2.45, 2.75) is 26.2 Å². The summed E-state index contributed by atoms with van der Waals surface area (Å²) in [4.78, 5) is 35.7. The molecular weight excluding hydrogens is 344 g/mol. The standard InChI is InChI=1S/C21H24N2O4/c1-21(2,3)16-10-8-14(9-11-16)20(26)27-13-18(24)23-17-7-5-6-15(12-17)19(25)22-4/h5-12H,13H2,1-4H3,(H,22,25)(H,23,24). The zero-order valence-corrected chi connectivity index (χ0v) is 16.0. The highest BCUT2D eigenvalue weighted by molar-refractivity contribution is 5.98. The fourth-order valence-electron chi connectivity index (χ4n) is 2.40. The lowest BCUT2D eigenvalue weighted by Gasteiger charge is -2.18. The van der Waals surface area contributed by atoms with Crippen molar-refractivity contribution in [2.75, 3.05) is 19.0 Å². The molecule has 0 saturated heterocycles. The SMILES string of the molecule is CNC(=O)c1cccc(NC(=O)COC(=O)c2ccc(C(C)(C)C)cc2)c1. The quantitative estimate of drug-likeness (QED) is 0.794. The van der Waals surface area contributed by atoms with Gasteiger partial charge in [0.25, 0.3) is 11.8 Å². The van der Waals surface area contributed by atoms with Crippen molar-refractivity contribution in [1.29, 1.82) is 0 Å². The summed E-state index contributed by atoms with van der Waals surface area (Å²) in [7, 11) is 1.53. The number of nitrogens with one attached hydrogen (secondary N) is 2. The lowest BCUT2D eigenvalue weighted by Crippen LogP contribution is -2.22. The molecule has 0 heterocycles. The summed E-state index contributed by atoms with van der Waals surface area (Å²) >= 11 is 0. The van der Waals surface area contributed by atoms with Crippen LogP contribution in [-0.4, -0.2) is 31.4 Å². The third-order valence-corrected chi connectivity index (χ3v) is 3.96. The van der Waals surface area contributed by atoms with E-state index in [1.54, 1.807) is 36.4 Å². The van der Waals surface area contributed by atoms with Crippen LogP contribution in [0.1, 0.15) is 47.1 Å². The van der Waals surface area contributed by atoms with E-state index >= 15 is 0 Å². The van der Waals surface area contributed by atoms with Gasteiger partial charge in [-0.25, -0.2) is 4.79 Å². The van der Waals surface area contributed by atoms with Crippen molar-refractivity contribution in [3.63, 3.8) is 0 Å². The van der Waals surface area contributed by atoms with E-state index in [1.807, 2.05) is 12.1 Å². The second kappa shape index (κ2) is 8.49. The highest BCUT2D eigenvalue weighted by atomic mass is 16.5. The Kier molecular flexibility index (Phi) is 6.34. The molecule has 0 unspecified atom stereocenters. The van der Waals surface area contributed by atoms with Crippen LogP contribution in [0.5, 0.6) is 0 Å². The van der Waals surface area contributed by atoms with Crippen molar-refractivity contribution in [3.8, 4) is 0 Å². The topological polar surface area (TPSA) is 84.5 Å². The van der Waals surface area contributed by atoms with Gasteiger partial charge in [-0.2, -0.15) is 0 Å². The normalized spacial score (nSPS) is 10.8. The van der Waals surface area contributed by atoms with Gasteiger partial charge in [-0.05, 0) is 41.3 Å². The van der Waals surface area contributed by atoms with Gasteiger partial charge in [0.15, 0.2) is 6.61 Å². The Morgan fingerprint density at radius 1 is 0.963 bits per heavy atom. The molecule has 0 aliphatic heterocycles. The molecule has 2 N–H and O–H groups in total. The first-order valence-corrected chi connectivity index (χ1v) is 8.60. The van der Waals surface area contributed by atoms with Gasteiger partial charge < -0.3 is 15.4 Å². The number of ether oxygens (including phenoxy) is 1. The van der Waals surface area contributed by atoms with Crippen LogP contribution >= 0.6 is 0 Å². The molecule has 142 valence electrons. The van der Waals surface area contributed by atoms with E-state index in [0.717, 1.165) is 5.56 Å². The number of esters is 1. The van der Waals surface area contributed by atoms with Gasteiger partial charge in [0.05, 0.1) is 5.56 Å². The first-order valence-electron chi connectivity index (χ1n) is 8.60. The number of hydrogen-bond acceptors (Lipinski definition) is 4. The number of carbonyl (C=O) groups is 3. The molecule has 27 heavy (non-hydrogen) atoms. The third-order valence-electron chi connectivity index (χ3n) is 3.96. The average Bonchev–Trinajstić information content (AvgIpc) is 2.65. The van der Waals surface area contributed by atoms with Crippen LogP contribution in [0.25, 0.3) is 0 Å². The lowest BCUT2D eigenvalue weighted by atomic mass is 9.87. The predicted molar refractivity (Wildman–Crippen MR) is 104 cm³/mol. The molecule has 6 nitrogen and oxygen atoms in total. The van der Waals surface area contributed by atoms with Crippen molar-refractivity contribution in [1.82, 2.24) is 5.32 Å². The van der Waals surface area contributed by atoms with Gasteiger partial charge in [0.2, 0.25) is 0 Å². The largest absolute Gasteiger partial charge is 0.452 e. The van der Waals surface area contributed by atoms with Gasteiger partial charge in [0.1, 0.15) is 0 Å². The van der Waals surface area contributed by atoms with E-state index in [0.29, 0.717) is 16.8 Å². The summed E-state index contributed by atoms with van der Waals surface area (Å²) in [5.41, 5.74) is 2.36. The maximum absolute atomic E-state index is 12.1. The number of hydrogen-bond donors (Lipinski definition) is 2. The van der Waals surface area contributed by atoms with Crippen LogP contribution < -0.4 is 10.6 Å². The smallest absolute Gasteiger partial charge is 0.338 e. The van der Waals surface area contributed by atoms with Crippen LogP contribution in [-0.2, 0) is 14.9 Å². The second-order valence-electron chi connectivity index (χ2n) is 7.11. The minimum absolute atomic E-state index is 0.00840. The molecule has 0 saturated carbocycles. The van der Waals surface area contributed by atoms with Crippen LogP contribution in [0.15, 0.2) is 48.5 Å². The molecule has 0 aromatic heterocycles. The minimum Gasteiger partial charge on any atom is -0.452 e. The highest BCUT2D eigenvalue weighted by Gasteiger charge is 2.15. The third kappa shape index (κ3) is 5.67. The number of rotatable bonds is 5. The average molecular weight is 368 g/mol.